The van der Waals surface area contributed by atoms with Crippen molar-refractivity contribution in [3.8, 4) is 0 Å². The molecule has 0 unspecified atom stereocenters. The molecule has 0 fully saturated rings. The van der Waals surface area contributed by atoms with Gasteiger partial charge in [0.15, 0.2) is 0 Å². The smallest absolute Gasteiger partial charge is 0.307 e. The molecular weight excluding hydrogens is 268 g/mol. The highest BCUT2D eigenvalue weighted by Gasteiger charge is 2.03. The average Bonchev–Trinajstić information content (AvgIpc) is 2.41. The number of hydrogen-bond donors (Lipinski definition) is 1. The summed E-state index contributed by atoms with van der Waals surface area (Å²) in [5.74, 6) is 0.111. The van der Waals surface area contributed by atoms with Crippen LogP contribution in [0.4, 0.5) is 0 Å². The van der Waals surface area contributed by atoms with Gasteiger partial charge >= 0.3 is 5.97 Å². The summed E-state index contributed by atoms with van der Waals surface area (Å²) in [7, 11) is 0. The fraction of sp³-hybridized carbons (Fsp3) is 0.235. The maximum atomic E-state index is 10.6. The lowest BCUT2D eigenvalue weighted by atomic mass is 10.1. The zero-order chi connectivity index (χ0) is 14.5. The van der Waals surface area contributed by atoms with Crippen molar-refractivity contribution in [2.24, 2.45) is 0 Å². The Bertz CT molecular complexity index is 603. The van der Waals surface area contributed by atoms with Crippen LogP contribution in [0, 0.1) is 13.8 Å². The fourth-order valence-corrected chi connectivity index (χ4v) is 3.03. The lowest BCUT2D eigenvalue weighted by Gasteiger charge is -2.07. The number of benzene rings is 2. The average molecular weight is 286 g/mol. The van der Waals surface area contributed by atoms with Gasteiger partial charge in [0.1, 0.15) is 0 Å². The molecule has 0 aliphatic heterocycles. The highest BCUT2D eigenvalue weighted by Crippen LogP contribution is 2.27. The zero-order valence-corrected chi connectivity index (χ0v) is 12.5. The van der Waals surface area contributed by atoms with Crippen LogP contribution in [0.2, 0.25) is 0 Å². The van der Waals surface area contributed by atoms with Crippen molar-refractivity contribution >= 4 is 17.7 Å². The Hall–Kier alpha value is -1.74. The Kier molecular flexibility index (Phi) is 4.85. The van der Waals surface area contributed by atoms with Gasteiger partial charge in [0.25, 0.3) is 0 Å². The minimum absolute atomic E-state index is 0.0877. The third kappa shape index (κ3) is 4.14. The molecule has 0 saturated heterocycles. The lowest BCUT2D eigenvalue weighted by Crippen LogP contribution is -1.99. The zero-order valence-electron chi connectivity index (χ0n) is 11.7. The van der Waals surface area contributed by atoms with E-state index in [2.05, 4.69) is 32.0 Å². The van der Waals surface area contributed by atoms with Gasteiger partial charge in [0, 0.05) is 10.6 Å². The van der Waals surface area contributed by atoms with E-state index < -0.39 is 5.97 Å². The van der Waals surface area contributed by atoms with Crippen molar-refractivity contribution in [1.29, 1.82) is 0 Å². The molecule has 0 spiro atoms. The molecule has 2 aromatic rings. The normalized spacial score (nSPS) is 10.5. The molecule has 104 valence electrons. The predicted molar refractivity (Wildman–Crippen MR) is 83.3 cm³/mol. The first-order chi connectivity index (χ1) is 9.54. The summed E-state index contributed by atoms with van der Waals surface area (Å²) in [5.41, 5.74) is 4.63. The molecule has 0 atom stereocenters. The van der Waals surface area contributed by atoms with E-state index in [0.29, 0.717) is 0 Å². The molecule has 20 heavy (non-hydrogen) atoms. The highest BCUT2D eigenvalue weighted by atomic mass is 32.2. The van der Waals surface area contributed by atoms with Crippen LogP contribution in [0.1, 0.15) is 22.3 Å². The minimum Gasteiger partial charge on any atom is -0.481 e. The van der Waals surface area contributed by atoms with Crippen LogP contribution in [0.3, 0.4) is 0 Å². The molecule has 0 amide bonds. The third-order valence-electron chi connectivity index (χ3n) is 3.12. The topological polar surface area (TPSA) is 37.3 Å². The lowest BCUT2D eigenvalue weighted by molar-refractivity contribution is -0.136. The Balaban J connectivity index is 2.00. The van der Waals surface area contributed by atoms with Crippen molar-refractivity contribution in [2.75, 3.05) is 0 Å². The SMILES string of the molecule is Cc1ccc(C)c(SCc2ccc(CC(=O)O)cc2)c1. The highest BCUT2D eigenvalue weighted by molar-refractivity contribution is 7.98. The van der Waals surface area contributed by atoms with Crippen LogP contribution < -0.4 is 0 Å². The van der Waals surface area contributed by atoms with Gasteiger partial charge in [-0.25, -0.2) is 0 Å². The van der Waals surface area contributed by atoms with Gasteiger partial charge in [-0.05, 0) is 36.6 Å². The van der Waals surface area contributed by atoms with E-state index in [0.717, 1.165) is 11.3 Å². The van der Waals surface area contributed by atoms with Crippen LogP contribution in [0.25, 0.3) is 0 Å². The van der Waals surface area contributed by atoms with E-state index >= 15 is 0 Å². The van der Waals surface area contributed by atoms with Crippen LogP contribution in [-0.4, -0.2) is 11.1 Å². The number of hydrogen-bond acceptors (Lipinski definition) is 2. The molecule has 2 nitrogen and oxygen atoms in total. The van der Waals surface area contributed by atoms with E-state index in [1.165, 1.54) is 21.6 Å². The molecule has 0 saturated carbocycles. The van der Waals surface area contributed by atoms with Crippen LogP contribution >= 0.6 is 11.8 Å². The van der Waals surface area contributed by atoms with E-state index in [1.54, 1.807) is 0 Å². The fourth-order valence-electron chi connectivity index (χ4n) is 1.95. The summed E-state index contributed by atoms with van der Waals surface area (Å²) in [6, 6.07) is 14.3. The third-order valence-corrected chi connectivity index (χ3v) is 4.34. The van der Waals surface area contributed by atoms with Crippen LogP contribution in [0.15, 0.2) is 47.4 Å². The molecule has 0 radical (unpaired) electrons. The molecule has 2 aromatic carbocycles. The molecule has 1 N–H and O–H groups in total. The summed E-state index contributed by atoms with van der Waals surface area (Å²) in [5, 5.41) is 8.74. The van der Waals surface area contributed by atoms with E-state index in [4.69, 9.17) is 5.11 Å². The summed E-state index contributed by atoms with van der Waals surface area (Å²) in [6.45, 7) is 4.22. The van der Waals surface area contributed by atoms with Crippen LogP contribution in [0.5, 0.6) is 0 Å². The summed E-state index contributed by atoms with van der Waals surface area (Å²) in [4.78, 5) is 11.9. The molecule has 0 aliphatic rings. The quantitative estimate of drug-likeness (QED) is 0.836. The van der Waals surface area contributed by atoms with Gasteiger partial charge in [-0.3, -0.25) is 4.79 Å². The number of carboxylic acid groups (broad SMARTS) is 1. The molecule has 3 heteroatoms. The van der Waals surface area contributed by atoms with Crippen molar-refractivity contribution < 1.29 is 9.90 Å². The molecule has 0 aromatic heterocycles. The predicted octanol–water partition coefficient (Wildman–Crippen LogP) is 4.22. The maximum Gasteiger partial charge on any atom is 0.307 e. The van der Waals surface area contributed by atoms with Gasteiger partial charge in [-0.1, -0.05) is 42.0 Å². The van der Waals surface area contributed by atoms with E-state index in [-0.39, 0.29) is 6.42 Å². The molecule has 2 rings (SSSR count). The van der Waals surface area contributed by atoms with E-state index in [9.17, 15) is 4.79 Å². The Morgan fingerprint density at radius 2 is 1.70 bits per heavy atom. The van der Waals surface area contributed by atoms with Crippen molar-refractivity contribution in [2.45, 2.75) is 30.9 Å². The standard InChI is InChI=1S/C17H18O2S/c1-12-3-4-13(2)16(9-12)20-11-15-7-5-14(6-8-15)10-17(18)19/h3-9H,10-11H2,1-2H3,(H,18,19). The minimum atomic E-state index is -0.789. The Morgan fingerprint density at radius 1 is 1.05 bits per heavy atom. The van der Waals surface area contributed by atoms with Gasteiger partial charge in [-0.2, -0.15) is 0 Å². The summed E-state index contributed by atoms with van der Waals surface area (Å²) < 4.78 is 0. The second kappa shape index (κ2) is 6.62. The number of aliphatic carboxylic acids is 1. The number of rotatable bonds is 5. The van der Waals surface area contributed by atoms with Gasteiger partial charge in [0.05, 0.1) is 6.42 Å². The first kappa shape index (κ1) is 14.7. The number of aryl methyl sites for hydroxylation is 2. The number of carbonyl (C=O) groups is 1. The maximum absolute atomic E-state index is 10.6. The van der Waals surface area contributed by atoms with Crippen molar-refractivity contribution in [3.05, 3.63) is 64.7 Å². The Labute approximate surface area is 123 Å². The first-order valence-corrected chi connectivity index (χ1v) is 7.53. The molecule has 0 heterocycles. The number of thioether (sulfide) groups is 1. The van der Waals surface area contributed by atoms with Gasteiger partial charge in [0.2, 0.25) is 0 Å². The monoisotopic (exact) mass is 286 g/mol. The van der Waals surface area contributed by atoms with Crippen molar-refractivity contribution in [3.63, 3.8) is 0 Å². The Morgan fingerprint density at radius 3 is 2.35 bits per heavy atom. The molecule has 0 aliphatic carbocycles. The number of carboxylic acids is 1. The molecule has 0 bridgehead atoms. The van der Waals surface area contributed by atoms with Gasteiger partial charge in [-0.15, -0.1) is 11.8 Å². The summed E-state index contributed by atoms with van der Waals surface area (Å²) >= 11 is 1.82. The first-order valence-electron chi connectivity index (χ1n) is 6.54. The second-order valence-electron chi connectivity index (χ2n) is 4.94. The van der Waals surface area contributed by atoms with Crippen molar-refractivity contribution in [1.82, 2.24) is 0 Å². The second-order valence-corrected chi connectivity index (χ2v) is 5.96. The largest absolute Gasteiger partial charge is 0.481 e. The molecular formula is C17H18O2S. The van der Waals surface area contributed by atoms with E-state index in [1.807, 2.05) is 36.0 Å². The van der Waals surface area contributed by atoms with Gasteiger partial charge < -0.3 is 5.11 Å². The van der Waals surface area contributed by atoms with Crippen LogP contribution in [-0.2, 0) is 17.0 Å². The summed E-state index contributed by atoms with van der Waals surface area (Å²) in [6.07, 6.45) is 0.0877.